The fourth-order valence-electron chi connectivity index (χ4n) is 2.80. The summed E-state index contributed by atoms with van der Waals surface area (Å²) in [4.78, 5) is 12.7. The molecule has 0 saturated heterocycles. The number of carbonyl (C=O) groups excluding carboxylic acids is 1. The summed E-state index contributed by atoms with van der Waals surface area (Å²) < 4.78 is 12.8. The van der Waals surface area contributed by atoms with Gasteiger partial charge >= 0.3 is 0 Å². The predicted octanol–water partition coefficient (Wildman–Crippen LogP) is 4.04. The fraction of sp³-hybridized carbons (Fsp3) is 0.350. The van der Waals surface area contributed by atoms with Crippen molar-refractivity contribution in [3.63, 3.8) is 0 Å². The number of rotatable bonds is 7. The molecule has 27 heavy (non-hydrogen) atoms. The number of anilines is 1. The Morgan fingerprint density at radius 3 is 2.81 bits per heavy atom. The Bertz CT molecular complexity index is 943. The first-order chi connectivity index (χ1) is 13.0. The summed E-state index contributed by atoms with van der Waals surface area (Å²) in [7, 11) is 0. The Labute approximate surface area is 158 Å². The molecule has 3 rings (SSSR count). The van der Waals surface area contributed by atoms with Crippen LogP contribution in [0.3, 0.4) is 0 Å². The number of carbonyl (C=O) groups is 1. The van der Waals surface area contributed by atoms with Gasteiger partial charge in [0, 0.05) is 12.6 Å². The summed E-state index contributed by atoms with van der Waals surface area (Å²) in [6, 6.07) is 9.58. The van der Waals surface area contributed by atoms with Gasteiger partial charge in [-0.25, -0.2) is 4.68 Å². The predicted molar refractivity (Wildman–Crippen MR) is 102 cm³/mol. The average molecular weight is 368 g/mol. The molecule has 0 aliphatic rings. The maximum absolute atomic E-state index is 12.7. The van der Waals surface area contributed by atoms with E-state index in [1.807, 2.05) is 44.2 Å². The highest BCUT2D eigenvalue weighted by Gasteiger charge is 2.22. The lowest BCUT2D eigenvalue weighted by molar-refractivity contribution is 0.101. The molecule has 7 heteroatoms. The van der Waals surface area contributed by atoms with Crippen molar-refractivity contribution < 1.29 is 14.1 Å². The lowest BCUT2D eigenvalue weighted by Crippen LogP contribution is -2.18. The zero-order valence-corrected chi connectivity index (χ0v) is 16.1. The molecule has 0 bridgehead atoms. The fourth-order valence-corrected chi connectivity index (χ4v) is 2.80. The van der Waals surface area contributed by atoms with Gasteiger partial charge in [0.1, 0.15) is 23.9 Å². The van der Waals surface area contributed by atoms with Crippen LogP contribution in [0.1, 0.15) is 46.4 Å². The third-order valence-corrected chi connectivity index (χ3v) is 4.15. The molecule has 0 saturated carbocycles. The van der Waals surface area contributed by atoms with Gasteiger partial charge in [-0.2, -0.15) is 5.10 Å². The van der Waals surface area contributed by atoms with Crippen molar-refractivity contribution in [2.24, 2.45) is 0 Å². The van der Waals surface area contributed by atoms with E-state index in [4.69, 9.17) is 9.26 Å². The highest BCUT2D eigenvalue weighted by molar-refractivity contribution is 6.03. The van der Waals surface area contributed by atoms with E-state index in [0.717, 1.165) is 30.0 Å². The number of hydrogen-bond acceptors (Lipinski definition) is 5. The van der Waals surface area contributed by atoms with Crippen molar-refractivity contribution in [2.45, 2.75) is 47.3 Å². The van der Waals surface area contributed by atoms with E-state index in [-0.39, 0.29) is 18.2 Å². The third kappa shape index (κ3) is 4.36. The van der Waals surface area contributed by atoms with Gasteiger partial charge in [0.15, 0.2) is 5.69 Å². The first kappa shape index (κ1) is 18.7. The van der Waals surface area contributed by atoms with E-state index in [9.17, 15) is 4.79 Å². The molecule has 0 aliphatic heterocycles. The van der Waals surface area contributed by atoms with E-state index in [2.05, 4.69) is 22.5 Å². The molecule has 2 aromatic heterocycles. The molecule has 3 aromatic rings. The molecule has 0 atom stereocenters. The minimum atomic E-state index is -0.341. The van der Waals surface area contributed by atoms with Crippen LogP contribution in [0.25, 0.3) is 0 Å². The molecular weight excluding hydrogens is 344 g/mol. The summed E-state index contributed by atoms with van der Waals surface area (Å²) >= 11 is 0. The minimum absolute atomic E-state index is 0.203. The number of aromatic nitrogens is 3. The van der Waals surface area contributed by atoms with Crippen LogP contribution in [0.15, 0.2) is 34.9 Å². The van der Waals surface area contributed by atoms with Crippen LogP contribution in [0.5, 0.6) is 5.75 Å². The van der Waals surface area contributed by atoms with Crippen molar-refractivity contribution in [1.82, 2.24) is 14.9 Å². The molecule has 0 unspecified atom stereocenters. The number of aryl methyl sites for hydroxylation is 4. The number of ether oxygens (including phenoxy) is 1. The van der Waals surface area contributed by atoms with Crippen molar-refractivity contribution in [3.8, 4) is 5.75 Å². The maximum Gasteiger partial charge on any atom is 0.279 e. The average Bonchev–Trinajstić information content (AvgIpc) is 3.16. The molecule has 0 spiro atoms. The quantitative estimate of drug-likeness (QED) is 0.681. The highest BCUT2D eigenvalue weighted by atomic mass is 16.5. The first-order valence-electron chi connectivity index (χ1n) is 8.98. The van der Waals surface area contributed by atoms with Gasteiger partial charge in [0.05, 0.1) is 11.3 Å². The topological polar surface area (TPSA) is 82.2 Å². The molecule has 0 radical (unpaired) electrons. The second-order valence-corrected chi connectivity index (χ2v) is 6.52. The zero-order valence-electron chi connectivity index (χ0n) is 16.1. The molecule has 1 aromatic carbocycles. The van der Waals surface area contributed by atoms with Gasteiger partial charge in [0.2, 0.25) is 0 Å². The van der Waals surface area contributed by atoms with Crippen LogP contribution in [0.2, 0.25) is 0 Å². The summed E-state index contributed by atoms with van der Waals surface area (Å²) in [5.74, 6) is 1.60. The van der Waals surface area contributed by atoms with Crippen LogP contribution >= 0.6 is 0 Å². The van der Waals surface area contributed by atoms with E-state index in [0.29, 0.717) is 17.1 Å². The molecule has 1 amide bonds. The first-order valence-corrected chi connectivity index (χ1v) is 8.98. The molecule has 7 nitrogen and oxygen atoms in total. The Morgan fingerprint density at radius 1 is 1.26 bits per heavy atom. The summed E-state index contributed by atoms with van der Waals surface area (Å²) in [5, 5.41) is 11.2. The van der Waals surface area contributed by atoms with Gasteiger partial charge in [-0.3, -0.25) is 4.79 Å². The second-order valence-electron chi connectivity index (χ2n) is 6.52. The Kier molecular flexibility index (Phi) is 5.59. The standard InChI is InChI=1S/C20H24N4O3/c1-5-9-24-18(11-14(3)22-24)21-20(25)19-17(15(4)27-23-19)12-26-16-8-6-7-13(2)10-16/h6-8,10-11H,5,9,12H2,1-4H3,(H,21,25). The summed E-state index contributed by atoms with van der Waals surface area (Å²) in [6.07, 6.45) is 0.919. The molecule has 0 fully saturated rings. The third-order valence-electron chi connectivity index (χ3n) is 4.15. The number of benzene rings is 1. The van der Waals surface area contributed by atoms with Crippen LogP contribution in [0.4, 0.5) is 5.82 Å². The normalized spacial score (nSPS) is 10.8. The van der Waals surface area contributed by atoms with Gasteiger partial charge in [-0.15, -0.1) is 0 Å². The van der Waals surface area contributed by atoms with Gasteiger partial charge in [-0.1, -0.05) is 24.2 Å². The number of nitrogens with zero attached hydrogens (tertiary/aromatic N) is 3. The minimum Gasteiger partial charge on any atom is -0.489 e. The highest BCUT2D eigenvalue weighted by Crippen LogP contribution is 2.20. The SMILES string of the molecule is CCCn1nc(C)cc1NC(=O)c1noc(C)c1COc1cccc(C)c1. The Morgan fingerprint density at radius 2 is 2.07 bits per heavy atom. The van der Waals surface area contributed by atoms with Crippen LogP contribution < -0.4 is 10.1 Å². The lowest BCUT2D eigenvalue weighted by Gasteiger charge is -2.09. The van der Waals surface area contributed by atoms with E-state index >= 15 is 0 Å². The Hall–Kier alpha value is -3.09. The molecular formula is C20H24N4O3. The van der Waals surface area contributed by atoms with Gasteiger partial charge < -0.3 is 14.6 Å². The number of amides is 1. The van der Waals surface area contributed by atoms with E-state index in [1.165, 1.54) is 0 Å². The van der Waals surface area contributed by atoms with Crippen LogP contribution in [0, 0.1) is 20.8 Å². The van der Waals surface area contributed by atoms with Gasteiger partial charge in [0.25, 0.3) is 5.91 Å². The largest absolute Gasteiger partial charge is 0.489 e. The summed E-state index contributed by atoms with van der Waals surface area (Å²) in [5.41, 5.74) is 2.81. The Balaban J connectivity index is 1.76. The smallest absolute Gasteiger partial charge is 0.279 e. The number of hydrogen-bond donors (Lipinski definition) is 1. The van der Waals surface area contributed by atoms with Gasteiger partial charge in [-0.05, 0) is 44.9 Å². The van der Waals surface area contributed by atoms with E-state index in [1.54, 1.807) is 11.6 Å². The molecule has 0 aliphatic carbocycles. The summed E-state index contributed by atoms with van der Waals surface area (Å²) in [6.45, 7) is 8.65. The maximum atomic E-state index is 12.7. The van der Waals surface area contributed by atoms with Crippen molar-refractivity contribution in [1.29, 1.82) is 0 Å². The van der Waals surface area contributed by atoms with Crippen molar-refractivity contribution >= 4 is 11.7 Å². The second kappa shape index (κ2) is 8.07. The molecule has 2 heterocycles. The molecule has 142 valence electrons. The lowest BCUT2D eigenvalue weighted by atomic mass is 10.2. The van der Waals surface area contributed by atoms with Crippen molar-refractivity contribution in [2.75, 3.05) is 5.32 Å². The van der Waals surface area contributed by atoms with Crippen molar-refractivity contribution in [3.05, 3.63) is 58.6 Å². The zero-order chi connectivity index (χ0) is 19.4. The monoisotopic (exact) mass is 368 g/mol. The van der Waals surface area contributed by atoms with Crippen LogP contribution in [-0.2, 0) is 13.2 Å². The number of nitrogens with one attached hydrogen (secondary N) is 1. The molecule has 1 N–H and O–H groups in total. The van der Waals surface area contributed by atoms with E-state index < -0.39 is 0 Å². The van der Waals surface area contributed by atoms with Crippen LogP contribution in [-0.4, -0.2) is 20.8 Å².